The zero-order valence-corrected chi connectivity index (χ0v) is 14.9. The number of halogens is 1. The molecule has 0 saturated heterocycles. The molecule has 4 heteroatoms. The summed E-state index contributed by atoms with van der Waals surface area (Å²) in [7, 11) is 0. The molecule has 4 aromatic rings. The number of rotatable bonds is 2. The Morgan fingerprint density at radius 1 is 0.885 bits per heavy atom. The molecule has 0 radical (unpaired) electrons. The van der Waals surface area contributed by atoms with Gasteiger partial charge in [0.1, 0.15) is 0 Å². The third-order valence-electron chi connectivity index (χ3n) is 5.13. The topological polar surface area (TPSA) is 29.9 Å². The summed E-state index contributed by atoms with van der Waals surface area (Å²) in [5.41, 5.74) is 4.57. The van der Waals surface area contributed by atoms with Crippen molar-refractivity contribution in [2.75, 3.05) is 5.32 Å². The summed E-state index contributed by atoms with van der Waals surface area (Å²) in [5.74, 6) is 0.899. The zero-order chi connectivity index (χ0) is 17.5. The zero-order valence-electron chi connectivity index (χ0n) is 14.1. The smallest absolute Gasteiger partial charge is 0.204 e. The molecule has 26 heavy (non-hydrogen) atoms. The molecule has 5 rings (SSSR count). The molecule has 1 aromatic heterocycles. The van der Waals surface area contributed by atoms with E-state index in [-0.39, 0.29) is 12.1 Å². The summed E-state index contributed by atoms with van der Waals surface area (Å²) in [5, 5.41) is 4.40. The van der Waals surface area contributed by atoms with Crippen LogP contribution in [0, 0.1) is 0 Å². The molecule has 0 saturated carbocycles. The minimum Gasteiger partial charge on any atom is -0.349 e. The van der Waals surface area contributed by atoms with Crippen molar-refractivity contribution in [3.8, 4) is 0 Å². The molecule has 1 aliphatic heterocycles. The van der Waals surface area contributed by atoms with Crippen molar-refractivity contribution in [3.63, 3.8) is 0 Å². The fourth-order valence-corrected chi connectivity index (χ4v) is 4.20. The highest BCUT2D eigenvalue weighted by molar-refractivity contribution is 6.31. The van der Waals surface area contributed by atoms with Gasteiger partial charge in [0.2, 0.25) is 5.95 Å². The van der Waals surface area contributed by atoms with E-state index in [0.29, 0.717) is 0 Å². The second kappa shape index (κ2) is 6.19. The van der Waals surface area contributed by atoms with Crippen LogP contribution in [0.2, 0.25) is 5.02 Å². The second-order valence-electron chi connectivity index (χ2n) is 6.67. The van der Waals surface area contributed by atoms with Crippen LogP contribution in [0.15, 0.2) is 78.9 Å². The number of nitrogens with one attached hydrogen (secondary N) is 1. The van der Waals surface area contributed by atoms with E-state index in [0.717, 1.165) is 34.0 Å². The molecule has 3 nitrogen and oxygen atoms in total. The molecular formula is C22H18ClN3. The van der Waals surface area contributed by atoms with Gasteiger partial charge >= 0.3 is 0 Å². The van der Waals surface area contributed by atoms with E-state index < -0.39 is 0 Å². The molecular weight excluding hydrogens is 342 g/mol. The minimum atomic E-state index is 0.123. The summed E-state index contributed by atoms with van der Waals surface area (Å²) >= 11 is 6.49. The normalized spacial score (nSPS) is 19.1. The van der Waals surface area contributed by atoms with Crippen LogP contribution in [-0.2, 0) is 0 Å². The fourth-order valence-electron chi connectivity index (χ4n) is 3.93. The molecule has 1 aliphatic rings. The molecule has 0 fully saturated rings. The van der Waals surface area contributed by atoms with Gasteiger partial charge in [0.25, 0.3) is 0 Å². The first-order valence-corrected chi connectivity index (χ1v) is 9.22. The summed E-state index contributed by atoms with van der Waals surface area (Å²) in [6, 6.07) is 27.3. The maximum atomic E-state index is 6.49. The number of fused-ring (bicyclic) bond motifs is 3. The third kappa shape index (κ3) is 2.47. The van der Waals surface area contributed by atoms with Crippen LogP contribution in [-0.4, -0.2) is 9.55 Å². The summed E-state index contributed by atoms with van der Waals surface area (Å²) in [4.78, 5) is 4.84. The van der Waals surface area contributed by atoms with Crippen molar-refractivity contribution >= 4 is 28.6 Å². The van der Waals surface area contributed by atoms with Crippen molar-refractivity contribution in [2.24, 2.45) is 0 Å². The monoisotopic (exact) mass is 359 g/mol. The number of imidazole rings is 1. The van der Waals surface area contributed by atoms with Gasteiger partial charge in [0.15, 0.2) is 0 Å². The van der Waals surface area contributed by atoms with E-state index in [9.17, 15) is 0 Å². The van der Waals surface area contributed by atoms with Crippen molar-refractivity contribution in [1.82, 2.24) is 9.55 Å². The van der Waals surface area contributed by atoms with Crippen LogP contribution >= 0.6 is 11.6 Å². The lowest BCUT2D eigenvalue weighted by Crippen LogP contribution is -2.27. The van der Waals surface area contributed by atoms with E-state index in [1.54, 1.807) is 0 Å². The van der Waals surface area contributed by atoms with Gasteiger partial charge in [0, 0.05) is 5.02 Å². The van der Waals surface area contributed by atoms with Crippen LogP contribution in [0.3, 0.4) is 0 Å². The Labute approximate surface area is 157 Å². The number of hydrogen-bond donors (Lipinski definition) is 1. The van der Waals surface area contributed by atoms with Gasteiger partial charge in [-0.25, -0.2) is 4.98 Å². The van der Waals surface area contributed by atoms with Crippen LogP contribution in [0.25, 0.3) is 11.0 Å². The molecule has 0 aliphatic carbocycles. The maximum absolute atomic E-state index is 6.49. The van der Waals surface area contributed by atoms with Gasteiger partial charge in [-0.1, -0.05) is 72.3 Å². The fraction of sp³-hybridized carbons (Fsp3) is 0.136. The minimum absolute atomic E-state index is 0.123. The van der Waals surface area contributed by atoms with E-state index in [4.69, 9.17) is 16.6 Å². The Morgan fingerprint density at radius 3 is 2.46 bits per heavy atom. The number of hydrogen-bond acceptors (Lipinski definition) is 2. The Kier molecular flexibility index (Phi) is 3.68. The summed E-state index contributed by atoms with van der Waals surface area (Å²) in [6.45, 7) is 0. The van der Waals surface area contributed by atoms with Gasteiger partial charge in [-0.15, -0.1) is 0 Å². The van der Waals surface area contributed by atoms with Crippen LogP contribution in [0.1, 0.15) is 29.6 Å². The van der Waals surface area contributed by atoms with Gasteiger partial charge in [-0.2, -0.15) is 0 Å². The van der Waals surface area contributed by atoms with Crippen LogP contribution in [0.5, 0.6) is 0 Å². The Morgan fingerprint density at radius 2 is 1.62 bits per heavy atom. The van der Waals surface area contributed by atoms with Gasteiger partial charge in [-0.3, -0.25) is 0 Å². The van der Waals surface area contributed by atoms with Crippen LogP contribution in [0.4, 0.5) is 5.95 Å². The number of para-hydroxylation sites is 2. The highest BCUT2D eigenvalue weighted by Gasteiger charge is 2.31. The standard InChI is InChI=1S/C22H18ClN3/c23-17-11-5-4-10-16(17)19-14-21(15-8-2-1-3-9-15)26-20-13-7-6-12-18(20)24-22(26)25-19/h1-13,19,21H,14H2,(H,24,25)/t19-,21-/m1/s1. The first-order valence-electron chi connectivity index (χ1n) is 8.84. The average Bonchev–Trinajstić information content (AvgIpc) is 3.07. The molecule has 1 N–H and O–H groups in total. The first kappa shape index (κ1) is 15.5. The van der Waals surface area contributed by atoms with Crippen molar-refractivity contribution in [3.05, 3.63) is 95.0 Å². The number of anilines is 1. The number of nitrogens with zero attached hydrogens (tertiary/aromatic N) is 2. The molecule has 128 valence electrons. The maximum Gasteiger partial charge on any atom is 0.204 e. The number of aromatic nitrogens is 2. The van der Waals surface area contributed by atoms with E-state index in [2.05, 4.69) is 64.5 Å². The van der Waals surface area contributed by atoms with E-state index in [1.807, 2.05) is 24.3 Å². The molecule has 0 spiro atoms. The largest absolute Gasteiger partial charge is 0.349 e. The first-order chi connectivity index (χ1) is 12.8. The lowest BCUT2D eigenvalue weighted by molar-refractivity contribution is 0.477. The quantitative estimate of drug-likeness (QED) is 0.487. The van der Waals surface area contributed by atoms with Gasteiger partial charge in [-0.05, 0) is 35.7 Å². The molecule has 0 bridgehead atoms. The van der Waals surface area contributed by atoms with E-state index >= 15 is 0 Å². The SMILES string of the molecule is Clc1ccccc1[C@H]1C[C@H](c2ccccc2)n2c(nc3ccccc32)N1. The Hall–Kier alpha value is -2.78. The third-order valence-corrected chi connectivity index (χ3v) is 5.48. The lowest BCUT2D eigenvalue weighted by atomic mass is 9.93. The predicted molar refractivity (Wildman–Crippen MR) is 107 cm³/mol. The van der Waals surface area contributed by atoms with Crippen molar-refractivity contribution in [1.29, 1.82) is 0 Å². The second-order valence-corrected chi connectivity index (χ2v) is 7.08. The highest BCUT2D eigenvalue weighted by atomic mass is 35.5. The highest BCUT2D eigenvalue weighted by Crippen LogP contribution is 2.42. The van der Waals surface area contributed by atoms with Crippen LogP contribution < -0.4 is 5.32 Å². The average molecular weight is 360 g/mol. The predicted octanol–water partition coefficient (Wildman–Crippen LogP) is 5.84. The lowest BCUT2D eigenvalue weighted by Gasteiger charge is -2.34. The molecule has 2 atom stereocenters. The number of benzene rings is 3. The van der Waals surface area contributed by atoms with Gasteiger partial charge < -0.3 is 9.88 Å². The van der Waals surface area contributed by atoms with Crippen molar-refractivity contribution < 1.29 is 0 Å². The van der Waals surface area contributed by atoms with Gasteiger partial charge in [0.05, 0.1) is 23.1 Å². The molecule has 0 unspecified atom stereocenters. The molecule has 2 heterocycles. The van der Waals surface area contributed by atoms with Crippen molar-refractivity contribution in [2.45, 2.75) is 18.5 Å². The Balaban J connectivity index is 1.69. The summed E-state index contributed by atoms with van der Waals surface area (Å²) in [6.07, 6.45) is 0.918. The van der Waals surface area contributed by atoms with E-state index in [1.165, 1.54) is 5.56 Å². The molecule has 3 aromatic carbocycles. The Bertz CT molecular complexity index is 1070. The summed E-state index contributed by atoms with van der Waals surface area (Å²) < 4.78 is 2.32. The molecule has 0 amide bonds.